The zero-order chi connectivity index (χ0) is 13.1. The van der Waals surface area contributed by atoms with Crippen molar-refractivity contribution >= 4 is 5.91 Å². The summed E-state index contributed by atoms with van der Waals surface area (Å²) in [4.78, 5) is 14.5. The van der Waals surface area contributed by atoms with Crippen molar-refractivity contribution in [1.29, 1.82) is 0 Å². The summed E-state index contributed by atoms with van der Waals surface area (Å²) in [5, 5.41) is 12.9. The summed E-state index contributed by atoms with van der Waals surface area (Å²) in [6.45, 7) is 5.07. The number of nitrogens with zero attached hydrogens (tertiary/aromatic N) is 1. The first kappa shape index (κ1) is 13.8. The molecule has 4 heteroatoms. The van der Waals surface area contributed by atoms with E-state index < -0.39 is 0 Å². The number of piperidine rings is 1. The first-order valence-electron chi connectivity index (χ1n) is 7.32. The van der Waals surface area contributed by atoms with Gasteiger partial charge in [0, 0.05) is 18.6 Å². The zero-order valence-electron chi connectivity index (χ0n) is 11.6. The highest BCUT2D eigenvalue weighted by Crippen LogP contribution is 2.26. The Morgan fingerprint density at radius 1 is 1.22 bits per heavy atom. The second-order valence-corrected chi connectivity index (χ2v) is 6.01. The van der Waals surface area contributed by atoms with Crippen molar-refractivity contribution < 1.29 is 9.90 Å². The third-order valence-electron chi connectivity index (χ3n) is 4.11. The molecule has 0 aromatic carbocycles. The van der Waals surface area contributed by atoms with Gasteiger partial charge in [-0.15, -0.1) is 0 Å². The van der Waals surface area contributed by atoms with Crippen molar-refractivity contribution in [3.8, 4) is 0 Å². The summed E-state index contributed by atoms with van der Waals surface area (Å²) >= 11 is 0. The molecule has 1 saturated carbocycles. The molecule has 18 heavy (non-hydrogen) atoms. The summed E-state index contributed by atoms with van der Waals surface area (Å²) in [6, 6.07) is 0.718. The molecule has 0 aromatic rings. The van der Waals surface area contributed by atoms with Gasteiger partial charge in [-0.3, -0.25) is 4.79 Å². The van der Waals surface area contributed by atoms with Crippen molar-refractivity contribution in [2.45, 2.75) is 76.6 Å². The predicted molar refractivity (Wildman–Crippen MR) is 71.3 cm³/mol. The second kappa shape index (κ2) is 6.02. The monoisotopic (exact) mass is 254 g/mol. The lowest BCUT2D eigenvalue weighted by Crippen LogP contribution is -2.56. The Hall–Kier alpha value is -0.610. The summed E-state index contributed by atoms with van der Waals surface area (Å²) < 4.78 is 0. The summed E-state index contributed by atoms with van der Waals surface area (Å²) in [5.41, 5.74) is 0. The molecule has 0 spiro atoms. The highest BCUT2D eigenvalue weighted by atomic mass is 16.3. The van der Waals surface area contributed by atoms with Gasteiger partial charge in [0.25, 0.3) is 0 Å². The van der Waals surface area contributed by atoms with Gasteiger partial charge >= 0.3 is 0 Å². The minimum Gasteiger partial charge on any atom is -0.393 e. The number of rotatable bonds is 3. The standard InChI is InChI=1S/C14H26N2O2/c1-10(2)15-13-4-3-9-16(14(13)18)11-5-7-12(17)8-6-11/h10-13,15,17H,3-9H2,1-2H3. The first-order valence-corrected chi connectivity index (χ1v) is 7.32. The number of nitrogens with one attached hydrogen (secondary N) is 1. The number of aliphatic hydroxyl groups is 1. The molecule has 0 bridgehead atoms. The normalized spacial score (nSPS) is 34.1. The number of likely N-dealkylation sites (tertiary alicyclic amines) is 1. The predicted octanol–water partition coefficient (Wildman–Crippen LogP) is 1.28. The van der Waals surface area contributed by atoms with Gasteiger partial charge in [0.1, 0.15) is 0 Å². The minimum atomic E-state index is -0.147. The average molecular weight is 254 g/mol. The molecule has 1 aliphatic heterocycles. The van der Waals surface area contributed by atoms with Crippen molar-refractivity contribution in [3.05, 3.63) is 0 Å². The van der Waals surface area contributed by atoms with Crippen molar-refractivity contribution in [2.75, 3.05) is 6.54 Å². The van der Waals surface area contributed by atoms with E-state index in [1.807, 2.05) is 0 Å². The molecule has 0 aromatic heterocycles. The van der Waals surface area contributed by atoms with Gasteiger partial charge < -0.3 is 15.3 Å². The number of hydrogen-bond acceptors (Lipinski definition) is 3. The first-order chi connectivity index (χ1) is 8.58. The van der Waals surface area contributed by atoms with E-state index in [9.17, 15) is 9.90 Å². The number of carbonyl (C=O) groups is 1. The van der Waals surface area contributed by atoms with Crippen LogP contribution in [0, 0.1) is 0 Å². The van der Waals surface area contributed by atoms with E-state index >= 15 is 0 Å². The SMILES string of the molecule is CC(C)NC1CCCN(C2CCC(O)CC2)C1=O. The Morgan fingerprint density at radius 3 is 2.50 bits per heavy atom. The van der Waals surface area contributed by atoms with Crippen LogP contribution in [0.5, 0.6) is 0 Å². The fourth-order valence-electron chi connectivity index (χ4n) is 3.19. The molecule has 2 N–H and O–H groups in total. The van der Waals surface area contributed by atoms with Crippen molar-refractivity contribution in [1.82, 2.24) is 10.2 Å². The van der Waals surface area contributed by atoms with Gasteiger partial charge in [0.15, 0.2) is 0 Å². The Balaban J connectivity index is 1.93. The molecule has 1 unspecified atom stereocenters. The van der Waals surface area contributed by atoms with Crippen LogP contribution in [-0.4, -0.2) is 46.7 Å². The van der Waals surface area contributed by atoms with Crippen LogP contribution < -0.4 is 5.32 Å². The molecule has 104 valence electrons. The number of aliphatic hydroxyl groups excluding tert-OH is 1. The maximum atomic E-state index is 12.4. The maximum Gasteiger partial charge on any atom is 0.239 e. The number of hydrogen-bond donors (Lipinski definition) is 2. The van der Waals surface area contributed by atoms with Crippen LogP contribution in [0.25, 0.3) is 0 Å². The third kappa shape index (κ3) is 3.23. The molecule has 1 atom stereocenters. The molecule has 2 rings (SSSR count). The largest absolute Gasteiger partial charge is 0.393 e. The Morgan fingerprint density at radius 2 is 1.89 bits per heavy atom. The molecule has 1 amide bonds. The van der Waals surface area contributed by atoms with Gasteiger partial charge in [-0.2, -0.15) is 0 Å². The highest BCUT2D eigenvalue weighted by Gasteiger charge is 2.34. The fourth-order valence-corrected chi connectivity index (χ4v) is 3.19. The molecule has 1 aliphatic carbocycles. The van der Waals surface area contributed by atoms with Gasteiger partial charge in [-0.05, 0) is 38.5 Å². The van der Waals surface area contributed by atoms with E-state index in [1.165, 1.54) is 0 Å². The number of carbonyl (C=O) groups excluding carboxylic acids is 1. The van der Waals surface area contributed by atoms with Gasteiger partial charge in [0.2, 0.25) is 5.91 Å². The second-order valence-electron chi connectivity index (χ2n) is 6.01. The van der Waals surface area contributed by atoms with Crippen LogP contribution in [0.1, 0.15) is 52.4 Å². The Bertz CT molecular complexity index is 286. The molecule has 1 saturated heterocycles. The molecule has 0 radical (unpaired) electrons. The summed E-state index contributed by atoms with van der Waals surface area (Å²) in [5.74, 6) is 0.274. The van der Waals surface area contributed by atoms with Crippen LogP contribution >= 0.6 is 0 Å². The lowest BCUT2D eigenvalue weighted by Gasteiger charge is -2.41. The quantitative estimate of drug-likeness (QED) is 0.797. The lowest BCUT2D eigenvalue weighted by atomic mass is 9.90. The highest BCUT2D eigenvalue weighted by molar-refractivity contribution is 5.83. The van der Waals surface area contributed by atoms with Crippen LogP contribution in [0.2, 0.25) is 0 Å². The number of amides is 1. The Labute approximate surface area is 110 Å². The molecule has 4 nitrogen and oxygen atoms in total. The van der Waals surface area contributed by atoms with Gasteiger partial charge in [0.05, 0.1) is 12.1 Å². The average Bonchev–Trinajstić information content (AvgIpc) is 2.33. The van der Waals surface area contributed by atoms with Gasteiger partial charge in [-0.1, -0.05) is 13.8 Å². The zero-order valence-corrected chi connectivity index (χ0v) is 11.6. The summed E-state index contributed by atoms with van der Waals surface area (Å²) in [6.07, 6.45) is 5.51. The fraction of sp³-hybridized carbons (Fsp3) is 0.929. The van der Waals surface area contributed by atoms with E-state index in [0.717, 1.165) is 45.1 Å². The van der Waals surface area contributed by atoms with Crippen LogP contribution in [-0.2, 0) is 4.79 Å². The maximum absolute atomic E-state index is 12.4. The topological polar surface area (TPSA) is 52.6 Å². The van der Waals surface area contributed by atoms with Crippen molar-refractivity contribution in [2.24, 2.45) is 0 Å². The van der Waals surface area contributed by atoms with E-state index in [0.29, 0.717) is 12.1 Å². The van der Waals surface area contributed by atoms with Crippen LogP contribution in [0.15, 0.2) is 0 Å². The third-order valence-corrected chi connectivity index (χ3v) is 4.11. The van der Waals surface area contributed by atoms with Crippen LogP contribution in [0.4, 0.5) is 0 Å². The molecular formula is C14H26N2O2. The molecule has 1 heterocycles. The molecule has 2 fully saturated rings. The van der Waals surface area contributed by atoms with E-state index in [1.54, 1.807) is 0 Å². The van der Waals surface area contributed by atoms with Crippen molar-refractivity contribution in [3.63, 3.8) is 0 Å². The minimum absolute atomic E-state index is 0.00519. The van der Waals surface area contributed by atoms with E-state index in [-0.39, 0.29) is 18.1 Å². The van der Waals surface area contributed by atoms with E-state index in [4.69, 9.17) is 0 Å². The Kier molecular flexibility index (Phi) is 4.62. The van der Waals surface area contributed by atoms with Gasteiger partial charge in [-0.25, -0.2) is 0 Å². The molecular weight excluding hydrogens is 228 g/mol. The van der Waals surface area contributed by atoms with E-state index in [2.05, 4.69) is 24.1 Å². The van der Waals surface area contributed by atoms with Crippen LogP contribution in [0.3, 0.4) is 0 Å². The molecule has 2 aliphatic rings. The smallest absolute Gasteiger partial charge is 0.239 e. The summed E-state index contributed by atoms with van der Waals surface area (Å²) in [7, 11) is 0. The lowest BCUT2D eigenvalue weighted by molar-refractivity contribution is -0.140.